The van der Waals surface area contributed by atoms with E-state index in [1.165, 1.54) is 0 Å². The fraction of sp³-hybridized carbons (Fsp3) is 0.560. The number of hydrogen-bond donors (Lipinski definition) is 2. The van der Waals surface area contributed by atoms with E-state index in [4.69, 9.17) is 5.73 Å². The van der Waals surface area contributed by atoms with Crippen LogP contribution in [0.1, 0.15) is 70.7 Å². The molecule has 0 spiro atoms. The van der Waals surface area contributed by atoms with E-state index in [9.17, 15) is 14.7 Å². The Balaban J connectivity index is 1.88. The van der Waals surface area contributed by atoms with Crippen molar-refractivity contribution >= 4 is 23.2 Å². The van der Waals surface area contributed by atoms with Crippen molar-refractivity contribution in [3.8, 4) is 10.4 Å². The van der Waals surface area contributed by atoms with E-state index >= 15 is 0 Å². The zero-order valence-corrected chi connectivity index (χ0v) is 21.1. The molecule has 0 bridgehead atoms. The maximum absolute atomic E-state index is 13.1. The summed E-state index contributed by atoms with van der Waals surface area (Å²) in [6.45, 7) is 10.3. The van der Waals surface area contributed by atoms with Gasteiger partial charge in [-0.1, -0.05) is 58.4 Å². The summed E-state index contributed by atoms with van der Waals surface area (Å²) in [7, 11) is 0. The molecule has 33 heavy (non-hydrogen) atoms. The lowest BCUT2D eigenvalue weighted by Crippen LogP contribution is -2.61. The number of aliphatic hydroxyl groups is 1. The number of hydrogen-bond acceptors (Lipinski definition) is 6. The molecule has 0 radical (unpaired) electrons. The third-order valence-electron chi connectivity index (χ3n) is 6.10. The summed E-state index contributed by atoms with van der Waals surface area (Å²) in [6.07, 6.45) is 1.30. The molecule has 180 valence electrons. The van der Waals surface area contributed by atoms with Crippen molar-refractivity contribution < 1.29 is 14.7 Å². The highest BCUT2D eigenvalue weighted by Gasteiger charge is 2.41. The second-order valence-corrected chi connectivity index (χ2v) is 10.9. The largest absolute Gasteiger partial charge is 0.378 e. The van der Waals surface area contributed by atoms with Crippen LogP contribution in [-0.4, -0.2) is 50.6 Å². The lowest BCUT2D eigenvalue weighted by Gasteiger charge is -2.47. The first-order chi connectivity index (χ1) is 15.5. The van der Waals surface area contributed by atoms with Crippen LogP contribution in [-0.2, 0) is 9.59 Å². The molecule has 1 saturated heterocycles. The highest BCUT2D eigenvalue weighted by atomic mass is 32.1. The molecule has 3 unspecified atom stereocenters. The van der Waals surface area contributed by atoms with Crippen LogP contribution in [0.4, 0.5) is 0 Å². The number of nitrogens with two attached hydrogens (primary N) is 1. The summed E-state index contributed by atoms with van der Waals surface area (Å²) in [6, 6.07) is 7.46. The molecule has 2 heterocycles. The summed E-state index contributed by atoms with van der Waals surface area (Å²) in [4.78, 5) is 34.2. The molecule has 1 aromatic carbocycles. The van der Waals surface area contributed by atoms with E-state index in [0.29, 0.717) is 6.42 Å². The minimum Gasteiger partial charge on any atom is -0.378 e. The molecule has 2 amide bonds. The van der Waals surface area contributed by atoms with Crippen molar-refractivity contribution in [1.82, 2.24) is 14.8 Å². The van der Waals surface area contributed by atoms with Crippen molar-refractivity contribution in [2.24, 2.45) is 11.1 Å². The van der Waals surface area contributed by atoms with Gasteiger partial charge in [-0.25, -0.2) is 4.98 Å². The average Bonchev–Trinajstić information content (AvgIpc) is 3.16. The maximum atomic E-state index is 13.1. The monoisotopic (exact) mass is 472 g/mol. The van der Waals surface area contributed by atoms with Crippen LogP contribution >= 0.6 is 11.3 Å². The predicted octanol–water partition coefficient (Wildman–Crippen LogP) is 4.06. The van der Waals surface area contributed by atoms with Crippen molar-refractivity contribution in [2.75, 3.05) is 6.67 Å². The van der Waals surface area contributed by atoms with Crippen LogP contribution in [0.3, 0.4) is 0 Å². The van der Waals surface area contributed by atoms with Crippen LogP contribution in [0, 0.1) is 12.3 Å². The molecule has 3 atom stereocenters. The SMILES string of the molecule is CCCC(c1ccc(-c2scnc2C)cc1)N1CN(C(=O)CC(C)(C)C)C(C(N)=O)CC1O. The molecule has 1 aliphatic heterocycles. The fourth-order valence-corrected chi connectivity index (χ4v) is 5.26. The van der Waals surface area contributed by atoms with Gasteiger partial charge in [0, 0.05) is 18.9 Å². The van der Waals surface area contributed by atoms with Gasteiger partial charge in [0.15, 0.2) is 0 Å². The number of amides is 2. The second kappa shape index (κ2) is 10.3. The van der Waals surface area contributed by atoms with Crippen LogP contribution in [0.2, 0.25) is 0 Å². The van der Waals surface area contributed by atoms with Gasteiger partial charge in [0.2, 0.25) is 11.8 Å². The van der Waals surface area contributed by atoms with E-state index < -0.39 is 18.2 Å². The van der Waals surface area contributed by atoms with Crippen molar-refractivity contribution in [1.29, 1.82) is 0 Å². The van der Waals surface area contributed by atoms with Crippen LogP contribution in [0.15, 0.2) is 29.8 Å². The third-order valence-corrected chi connectivity index (χ3v) is 7.08. The standard InChI is InChI=1S/C25H36N4O3S/c1-6-7-19(17-8-10-18(11-9-17)23-16(2)27-14-33-23)28-15-29(22(31)13-25(3,4)5)20(24(26)32)12-21(28)30/h8-11,14,19-21,30H,6-7,12-13,15H2,1-5H3,(H2,26,32). The van der Waals surface area contributed by atoms with Gasteiger partial charge in [0.25, 0.3) is 0 Å². The Morgan fingerprint density at radius 3 is 2.45 bits per heavy atom. The molecule has 0 saturated carbocycles. The smallest absolute Gasteiger partial charge is 0.240 e. The number of carbonyl (C=O) groups is 2. The second-order valence-electron chi connectivity index (χ2n) is 10.1. The molecule has 3 N–H and O–H groups in total. The Morgan fingerprint density at radius 2 is 1.94 bits per heavy atom. The van der Waals surface area contributed by atoms with Gasteiger partial charge in [0.1, 0.15) is 12.3 Å². The Hall–Kier alpha value is -2.29. The molecule has 0 aliphatic carbocycles. The lowest BCUT2D eigenvalue weighted by atomic mass is 9.90. The van der Waals surface area contributed by atoms with E-state index in [-0.39, 0.29) is 30.5 Å². The van der Waals surface area contributed by atoms with Gasteiger partial charge in [-0.3, -0.25) is 14.5 Å². The number of nitrogens with zero attached hydrogens (tertiary/aromatic N) is 3. The summed E-state index contributed by atoms with van der Waals surface area (Å²) in [5.41, 5.74) is 10.5. The number of rotatable bonds is 7. The van der Waals surface area contributed by atoms with Crippen molar-refractivity contribution in [3.05, 3.63) is 41.0 Å². The molecule has 8 heteroatoms. The van der Waals surface area contributed by atoms with Gasteiger partial charge in [0.05, 0.1) is 22.8 Å². The topological polar surface area (TPSA) is 99.8 Å². The molecule has 1 fully saturated rings. The Kier molecular flexibility index (Phi) is 7.92. The number of aromatic nitrogens is 1. The van der Waals surface area contributed by atoms with E-state index in [2.05, 4.69) is 36.2 Å². The normalized spacial score (nSPS) is 20.6. The van der Waals surface area contributed by atoms with Gasteiger partial charge < -0.3 is 15.7 Å². The van der Waals surface area contributed by atoms with Gasteiger partial charge in [-0.15, -0.1) is 11.3 Å². The number of thiazole rings is 1. The number of aryl methyl sites for hydroxylation is 1. The molecular weight excluding hydrogens is 436 g/mol. The van der Waals surface area contributed by atoms with Gasteiger partial charge >= 0.3 is 0 Å². The van der Waals surface area contributed by atoms with E-state index in [1.54, 1.807) is 16.2 Å². The molecule has 7 nitrogen and oxygen atoms in total. The first-order valence-electron chi connectivity index (χ1n) is 11.5. The molecule has 2 aromatic rings. The molecule has 3 rings (SSSR count). The number of primary amides is 1. The maximum Gasteiger partial charge on any atom is 0.240 e. The summed E-state index contributed by atoms with van der Waals surface area (Å²) >= 11 is 1.62. The van der Waals surface area contributed by atoms with E-state index in [0.717, 1.165) is 34.5 Å². The first kappa shape index (κ1) is 25.3. The quantitative estimate of drug-likeness (QED) is 0.633. The third kappa shape index (κ3) is 5.99. The summed E-state index contributed by atoms with van der Waals surface area (Å²) < 4.78 is 0. The lowest BCUT2D eigenvalue weighted by molar-refractivity contribution is -0.163. The van der Waals surface area contributed by atoms with Gasteiger partial charge in [-0.05, 0) is 29.9 Å². The summed E-state index contributed by atoms with van der Waals surface area (Å²) in [5, 5.41) is 11.0. The first-order valence-corrected chi connectivity index (χ1v) is 12.4. The number of benzene rings is 1. The minimum atomic E-state index is -0.860. The highest BCUT2D eigenvalue weighted by molar-refractivity contribution is 7.13. The fourth-order valence-electron chi connectivity index (χ4n) is 4.45. The summed E-state index contributed by atoms with van der Waals surface area (Å²) in [5.74, 6) is -0.693. The Labute approximate surface area is 200 Å². The number of aliphatic hydroxyl groups excluding tert-OH is 1. The number of carbonyl (C=O) groups excluding carboxylic acids is 2. The van der Waals surface area contributed by atoms with Crippen LogP contribution in [0.25, 0.3) is 10.4 Å². The van der Waals surface area contributed by atoms with Crippen molar-refractivity contribution in [2.45, 2.75) is 78.6 Å². The van der Waals surface area contributed by atoms with Crippen LogP contribution < -0.4 is 5.73 Å². The zero-order valence-electron chi connectivity index (χ0n) is 20.2. The Bertz CT molecular complexity index is 967. The molecular formula is C25H36N4O3S. The molecule has 1 aromatic heterocycles. The zero-order chi connectivity index (χ0) is 24.3. The highest BCUT2D eigenvalue weighted by Crippen LogP contribution is 2.35. The van der Waals surface area contributed by atoms with E-state index in [1.807, 2.05) is 38.1 Å². The van der Waals surface area contributed by atoms with Crippen molar-refractivity contribution in [3.63, 3.8) is 0 Å². The minimum absolute atomic E-state index is 0.0830. The Morgan fingerprint density at radius 1 is 1.27 bits per heavy atom. The average molecular weight is 473 g/mol. The molecule has 1 aliphatic rings. The predicted molar refractivity (Wildman–Crippen MR) is 131 cm³/mol. The van der Waals surface area contributed by atoms with Gasteiger partial charge in [-0.2, -0.15) is 0 Å². The van der Waals surface area contributed by atoms with Crippen LogP contribution in [0.5, 0.6) is 0 Å².